The molecule has 1 aromatic carbocycles. The van der Waals surface area contributed by atoms with E-state index in [1.165, 1.54) is 25.7 Å². The van der Waals surface area contributed by atoms with Crippen molar-refractivity contribution in [3.63, 3.8) is 0 Å². The lowest BCUT2D eigenvalue weighted by molar-refractivity contribution is -0.0479. The third-order valence-electron chi connectivity index (χ3n) is 4.69. The predicted octanol–water partition coefficient (Wildman–Crippen LogP) is 7.08. The van der Waals surface area contributed by atoms with Crippen molar-refractivity contribution in [3.05, 3.63) is 34.3 Å². The zero-order valence-electron chi connectivity index (χ0n) is 14.8. The first-order valence-corrected chi connectivity index (χ1v) is 9.26. The minimum Gasteiger partial charge on any atom is -0.229 e. The van der Waals surface area contributed by atoms with Gasteiger partial charge in [0.1, 0.15) is 5.60 Å². The standard InChI is InChI=1S/C20H32ClO/c1-5-7-8-9-10-14-20(4,22)18(11-6-2)17-13-12-16(3)19(21)15-17/h12-13,15,18H,5-11,14H2,1-4H3. The Morgan fingerprint density at radius 3 is 2.36 bits per heavy atom. The normalized spacial score (nSPS) is 15.5. The highest BCUT2D eigenvalue weighted by Crippen LogP contribution is 2.38. The average Bonchev–Trinajstić information content (AvgIpc) is 2.47. The molecule has 0 fully saturated rings. The van der Waals surface area contributed by atoms with Crippen LogP contribution < -0.4 is 0 Å². The van der Waals surface area contributed by atoms with Crippen LogP contribution in [0.15, 0.2) is 18.2 Å². The number of aryl methyl sites for hydroxylation is 1. The van der Waals surface area contributed by atoms with Gasteiger partial charge in [-0.3, -0.25) is 0 Å². The summed E-state index contributed by atoms with van der Waals surface area (Å²) in [7, 11) is 0. The van der Waals surface area contributed by atoms with Crippen LogP contribution in [0.25, 0.3) is 0 Å². The van der Waals surface area contributed by atoms with E-state index in [-0.39, 0.29) is 5.92 Å². The fourth-order valence-electron chi connectivity index (χ4n) is 3.19. The van der Waals surface area contributed by atoms with E-state index in [0.29, 0.717) is 0 Å². The Labute approximate surface area is 142 Å². The second-order valence-corrected chi connectivity index (χ2v) is 7.23. The summed E-state index contributed by atoms with van der Waals surface area (Å²) in [5.74, 6) is 0.0572. The molecule has 0 aromatic heterocycles. The Hall–Kier alpha value is -0.530. The first kappa shape index (κ1) is 19.5. The van der Waals surface area contributed by atoms with Gasteiger partial charge in [-0.15, -0.1) is 0 Å². The van der Waals surface area contributed by atoms with Crippen molar-refractivity contribution in [2.45, 2.75) is 90.6 Å². The third kappa shape index (κ3) is 5.93. The van der Waals surface area contributed by atoms with Crippen LogP contribution in [0.3, 0.4) is 0 Å². The highest BCUT2D eigenvalue weighted by Gasteiger charge is 2.34. The molecule has 1 aromatic rings. The molecule has 0 saturated carbocycles. The van der Waals surface area contributed by atoms with Crippen LogP contribution in [-0.2, 0) is 5.11 Å². The summed E-state index contributed by atoms with van der Waals surface area (Å²) >= 11 is 6.27. The monoisotopic (exact) mass is 323 g/mol. The SMILES string of the molecule is CCCCCCCC(C)([O])C(CCC)c1ccc(C)c(Cl)c1. The molecule has 2 unspecified atom stereocenters. The molecular weight excluding hydrogens is 292 g/mol. The summed E-state index contributed by atoms with van der Waals surface area (Å²) in [5.41, 5.74) is 1.29. The Kier molecular flexibility index (Phi) is 8.49. The van der Waals surface area contributed by atoms with E-state index in [0.717, 1.165) is 41.8 Å². The van der Waals surface area contributed by atoms with E-state index in [1.54, 1.807) is 0 Å². The molecule has 22 heavy (non-hydrogen) atoms. The van der Waals surface area contributed by atoms with Crippen LogP contribution in [0.4, 0.5) is 0 Å². The highest BCUT2D eigenvalue weighted by molar-refractivity contribution is 6.31. The molecule has 0 aliphatic rings. The van der Waals surface area contributed by atoms with Gasteiger partial charge in [-0.2, -0.15) is 0 Å². The van der Waals surface area contributed by atoms with Crippen LogP contribution >= 0.6 is 11.6 Å². The average molecular weight is 324 g/mol. The van der Waals surface area contributed by atoms with Crippen LogP contribution in [0.1, 0.15) is 89.2 Å². The van der Waals surface area contributed by atoms with Gasteiger partial charge in [0.05, 0.1) is 0 Å². The number of benzene rings is 1. The zero-order chi connectivity index (χ0) is 16.6. The number of rotatable bonds is 10. The van der Waals surface area contributed by atoms with Crippen molar-refractivity contribution in [1.29, 1.82) is 0 Å². The van der Waals surface area contributed by atoms with Gasteiger partial charge in [0.25, 0.3) is 0 Å². The Morgan fingerprint density at radius 2 is 1.77 bits per heavy atom. The third-order valence-corrected chi connectivity index (χ3v) is 5.10. The lowest BCUT2D eigenvalue weighted by Crippen LogP contribution is -2.31. The van der Waals surface area contributed by atoms with E-state index in [4.69, 9.17) is 11.6 Å². The molecule has 0 aliphatic heterocycles. The molecule has 1 radical (unpaired) electrons. The Morgan fingerprint density at radius 1 is 1.09 bits per heavy atom. The van der Waals surface area contributed by atoms with Crippen molar-refractivity contribution < 1.29 is 5.11 Å². The zero-order valence-corrected chi connectivity index (χ0v) is 15.5. The number of halogens is 1. The fraction of sp³-hybridized carbons (Fsp3) is 0.700. The molecule has 1 rings (SSSR count). The molecular formula is C20H32ClO. The Balaban J connectivity index is 2.76. The molecule has 0 N–H and O–H groups in total. The summed E-state index contributed by atoms with van der Waals surface area (Å²) < 4.78 is 0. The minimum absolute atomic E-state index is 0.0572. The largest absolute Gasteiger partial charge is 0.229 e. The maximum absolute atomic E-state index is 13.2. The predicted molar refractivity (Wildman–Crippen MR) is 96.3 cm³/mol. The van der Waals surface area contributed by atoms with Gasteiger partial charge in [-0.1, -0.05) is 76.1 Å². The molecule has 2 heteroatoms. The van der Waals surface area contributed by atoms with Crippen LogP contribution in [0.2, 0.25) is 5.02 Å². The van der Waals surface area contributed by atoms with E-state index >= 15 is 0 Å². The lowest BCUT2D eigenvalue weighted by Gasteiger charge is -2.31. The van der Waals surface area contributed by atoms with Gasteiger partial charge in [-0.05, 0) is 43.9 Å². The summed E-state index contributed by atoms with van der Waals surface area (Å²) in [6.07, 6.45) is 8.72. The number of hydrogen-bond donors (Lipinski definition) is 0. The van der Waals surface area contributed by atoms with Gasteiger partial charge in [-0.25, -0.2) is 5.11 Å². The molecule has 2 atom stereocenters. The van der Waals surface area contributed by atoms with Gasteiger partial charge in [0.2, 0.25) is 0 Å². The van der Waals surface area contributed by atoms with Crippen molar-refractivity contribution in [3.8, 4) is 0 Å². The lowest BCUT2D eigenvalue weighted by atomic mass is 9.77. The minimum atomic E-state index is -0.902. The van der Waals surface area contributed by atoms with E-state index < -0.39 is 5.60 Å². The molecule has 125 valence electrons. The van der Waals surface area contributed by atoms with Crippen molar-refractivity contribution in [2.24, 2.45) is 0 Å². The highest BCUT2D eigenvalue weighted by atomic mass is 35.5. The number of hydrogen-bond acceptors (Lipinski definition) is 0. The summed E-state index contributed by atoms with van der Waals surface area (Å²) in [4.78, 5) is 0. The van der Waals surface area contributed by atoms with Crippen LogP contribution in [0.5, 0.6) is 0 Å². The Bertz CT molecular complexity index is 439. The first-order valence-electron chi connectivity index (χ1n) is 8.88. The first-order chi connectivity index (χ1) is 10.4. The van der Waals surface area contributed by atoms with E-state index in [1.807, 2.05) is 26.0 Å². The second-order valence-electron chi connectivity index (χ2n) is 6.83. The second kappa shape index (κ2) is 9.57. The summed E-state index contributed by atoms with van der Waals surface area (Å²) in [6, 6.07) is 6.14. The van der Waals surface area contributed by atoms with Gasteiger partial charge < -0.3 is 0 Å². The van der Waals surface area contributed by atoms with Crippen molar-refractivity contribution >= 4 is 11.6 Å². The van der Waals surface area contributed by atoms with Gasteiger partial charge in [0, 0.05) is 10.9 Å². The fourth-order valence-corrected chi connectivity index (χ4v) is 3.38. The van der Waals surface area contributed by atoms with E-state index in [2.05, 4.69) is 19.9 Å². The molecule has 0 amide bonds. The molecule has 1 nitrogen and oxygen atoms in total. The molecule has 0 spiro atoms. The van der Waals surface area contributed by atoms with Crippen molar-refractivity contribution in [2.75, 3.05) is 0 Å². The van der Waals surface area contributed by atoms with Crippen molar-refractivity contribution in [1.82, 2.24) is 0 Å². The van der Waals surface area contributed by atoms with Gasteiger partial charge >= 0.3 is 0 Å². The molecule has 0 saturated heterocycles. The maximum Gasteiger partial charge on any atom is 0.108 e. The number of unbranched alkanes of at least 4 members (excludes halogenated alkanes) is 4. The quantitative estimate of drug-likeness (QED) is 0.410. The summed E-state index contributed by atoms with van der Waals surface area (Å²) in [5, 5.41) is 14.0. The maximum atomic E-state index is 13.2. The summed E-state index contributed by atoms with van der Waals surface area (Å²) in [6.45, 7) is 8.27. The topological polar surface area (TPSA) is 19.9 Å². The van der Waals surface area contributed by atoms with Crippen LogP contribution in [0, 0.1) is 6.92 Å². The smallest absolute Gasteiger partial charge is 0.108 e. The molecule has 0 aliphatic carbocycles. The molecule has 0 bridgehead atoms. The van der Waals surface area contributed by atoms with Gasteiger partial charge in [0.15, 0.2) is 0 Å². The van der Waals surface area contributed by atoms with Crippen LogP contribution in [-0.4, -0.2) is 5.60 Å². The van der Waals surface area contributed by atoms with E-state index in [9.17, 15) is 5.11 Å². The molecule has 0 heterocycles.